The van der Waals surface area contributed by atoms with Crippen LogP contribution in [0.1, 0.15) is 41.6 Å². The molecule has 7 heteroatoms. The molecular formula is C12H15N5O2. The molecule has 19 heavy (non-hydrogen) atoms. The number of hydrogen-bond acceptors (Lipinski definition) is 6. The maximum atomic E-state index is 11.8. The van der Waals surface area contributed by atoms with Crippen molar-refractivity contribution in [1.29, 1.82) is 0 Å². The number of carbonyl (C=O) groups is 1. The molecule has 7 nitrogen and oxygen atoms in total. The predicted molar refractivity (Wildman–Crippen MR) is 68.2 cm³/mol. The van der Waals surface area contributed by atoms with Crippen LogP contribution in [0.5, 0.6) is 0 Å². The van der Waals surface area contributed by atoms with Gasteiger partial charge in [-0.25, -0.2) is 9.97 Å². The molecule has 0 fully saturated rings. The van der Waals surface area contributed by atoms with Crippen LogP contribution in [-0.4, -0.2) is 21.0 Å². The van der Waals surface area contributed by atoms with E-state index in [1.54, 1.807) is 12.3 Å². The Morgan fingerprint density at radius 2 is 2.32 bits per heavy atom. The highest BCUT2D eigenvalue weighted by Crippen LogP contribution is 2.14. The van der Waals surface area contributed by atoms with E-state index in [4.69, 9.17) is 10.3 Å². The number of hydrogen-bond donors (Lipinski definition) is 2. The molecule has 0 bridgehead atoms. The highest BCUT2D eigenvalue weighted by molar-refractivity contribution is 5.91. The van der Waals surface area contributed by atoms with Gasteiger partial charge in [-0.3, -0.25) is 4.79 Å². The van der Waals surface area contributed by atoms with Crippen LogP contribution in [0.4, 0.5) is 5.82 Å². The summed E-state index contributed by atoms with van der Waals surface area (Å²) >= 11 is 0. The highest BCUT2D eigenvalue weighted by Gasteiger charge is 2.14. The van der Waals surface area contributed by atoms with Crippen molar-refractivity contribution in [3.63, 3.8) is 0 Å². The Bertz CT molecular complexity index is 579. The van der Waals surface area contributed by atoms with Crippen molar-refractivity contribution >= 4 is 11.7 Å². The van der Waals surface area contributed by atoms with Crippen molar-refractivity contribution in [1.82, 2.24) is 20.4 Å². The summed E-state index contributed by atoms with van der Waals surface area (Å²) in [7, 11) is 0. The molecule has 0 saturated heterocycles. The summed E-state index contributed by atoms with van der Waals surface area (Å²) in [6.07, 6.45) is 2.91. The van der Waals surface area contributed by atoms with Gasteiger partial charge in [0.2, 0.25) is 5.76 Å². The number of anilines is 1. The van der Waals surface area contributed by atoms with E-state index in [0.29, 0.717) is 11.4 Å². The number of nitrogens with zero attached hydrogens (tertiary/aromatic N) is 3. The van der Waals surface area contributed by atoms with Gasteiger partial charge in [0.05, 0.1) is 5.69 Å². The zero-order valence-electron chi connectivity index (χ0n) is 10.8. The first-order valence-electron chi connectivity index (χ1n) is 5.87. The summed E-state index contributed by atoms with van der Waals surface area (Å²) in [6.45, 7) is 4.19. The second-order valence-corrected chi connectivity index (χ2v) is 4.39. The van der Waals surface area contributed by atoms with Crippen molar-refractivity contribution in [2.45, 2.75) is 26.3 Å². The highest BCUT2D eigenvalue weighted by atomic mass is 16.5. The molecule has 1 amide bonds. The van der Waals surface area contributed by atoms with Gasteiger partial charge in [-0.1, -0.05) is 19.0 Å². The van der Waals surface area contributed by atoms with Crippen LogP contribution in [0.3, 0.4) is 0 Å². The predicted octanol–water partition coefficient (Wildman–Crippen LogP) is 1.10. The molecule has 0 saturated carbocycles. The van der Waals surface area contributed by atoms with Gasteiger partial charge in [-0.2, -0.15) is 0 Å². The van der Waals surface area contributed by atoms with Crippen molar-refractivity contribution in [2.75, 3.05) is 5.73 Å². The number of nitrogen functional groups attached to an aromatic ring is 1. The zero-order valence-corrected chi connectivity index (χ0v) is 10.8. The van der Waals surface area contributed by atoms with Gasteiger partial charge in [0.25, 0.3) is 5.91 Å². The number of nitrogens with two attached hydrogens (primary N) is 1. The molecule has 0 aliphatic heterocycles. The Morgan fingerprint density at radius 3 is 2.95 bits per heavy atom. The van der Waals surface area contributed by atoms with Gasteiger partial charge >= 0.3 is 0 Å². The molecule has 0 aliphatic rings. The maximum absolute atomic E-state index is 11.8. The minimum Gasteiger partial charge on any atom is -0.383 e. The van der Waals surface area contributed by atoms with Crippen molar-refractivity contribution in [3.05, 3.63) is 35.6 Å². The Labute approximate surface area is 110 Å². The first-order chi connectivity index (χ1) is 9.08. The lowest BCUT2D eigenvalue weighted by Gasteiger charge is -2.04. The molecule has 0 atom stereocenters. The summed E-state index contributed by atoms with van der Waals surface area (Å²) in [5.41, 5.74) is 7.05. The third-order valence-electron chi connectivity index (χ3n) is 2.61. The molecule has 0 aromatic carbocycles. The standard InChI is InChI=1S/C12H15N5O2/c1-7(2)9-3-10(19-17-9)12(18)15-5-8-4-14-6-16-11(8)13/h3-4,6-7H,5H2,1-2H3,(H,15,18)(H2,13,14,16). The largest absolute Gasteiger partial charge is 0.383 e. The first-order valence-corrected chi connectivity index (χ1v) is 5.87. The van der Waals surface area contributed by atoms with Crippen LogP contribution >= 0.6 is 0 Å². The zero-order chi connectivity index (χ0) is 13.8. The van der Waals surface area contributed by atoms with Crippen LogP contribution in [0.2, 0.25) is 0 Å². The van der Waals surface area contributed by atoms with Gasteiger partial charge in [0.1, 0.15) is 12.1 Å². The second-order valence-electron chi connectivity index (χ2n) is 4.39. The van der Waals surface area contributed by atoms with Gasteiger partial charge in [-0.05, 0) is 5.92 Å². The van der Waals surface area contributed by atoms with Crippen LogP contribution < -0.4 is 11.1 Å². The van der Waals surface area contributed by atoms with Crippen LogP contribution in [0, 0.1) is 0 Å². The Hall–Kier alpha value is -2.44. The lowest BCUT2D eigenvalue weighted by Crippen LogP contribution is -2.23. The number of rotatable bonds is 4. The lowest BCUT2D eigenvalue weighted by atomic mass is 10.1. The molecule has 2 aromatic heterocycles. The average Bonchev–Trinajstić information content (AvgIpc) is 2.87. The topological polar surface area (TPSA) is 107 Å². The Balaban J connectivity index is 1.99. The molecule has 0 aliphatic carbocycles. The van der Waals surface area contributed by atoms with E-state index in [9.17, 15) is 4.79 Å². The van der Waals surface area contributed by atoms with E-state index in [0.717, 1.165) is 5.69 Å². The van der Waals surface area contributed by atoms with Crippen LogP contribution in [0.25, 0.3) is 0 Å². The molecule has 0 spiro atoms. The van der Waals surface area contributed by atoms with Crippen molar-refractivity contribution in [2.24, 2.45) is 0 Å². The summed E-state index contributed by atoms with van der Waals surface area (Å²) in [5.74, 6) is 0.390. The number of amides is 1. The molecule has 2 rings (SSSR count). The smallest absolute Gasteiger partial charge is 0.290 e. The number of aromatic nitrogens is 3. The summed E-state index contributed by atoms with van der Waals surface area (Å²) in [6, 6.07) is 1.63. The van der Waals surface area contributed by atoms with Gasteiger partial charge in [0.15, 0.2) is 0 Å². The van der Waals surface area contributed by atoms with Crippen LogP contribution in [-0.2, 0) is 6.54 Å². The number of nitrogens with one attached hydrogen (secondary N) is 1. The quantitative estimate of drug-likeness (QED) is 0.853. The Morgan fingerprint density at radius 1 is 1.53 bits per heavy atom. The van der Waals surface area contributed by atoms with Gasteiger partial charge in [0, 0.05) is 24.4 Å². The van der Waals surface area contributed by atoms with Gasteiger partial charge < -0.3 is 15.6 Å². The van der Waals surface area contributed by atoms with E-state index in [1.165, 1.54) is 6.33 Å². The molecule has 2 heterocycles. The summed E-state index contributed by atoms with van der Waals surface area (Å²) in [5, 5.41) is 6.50. The van der Waals surface area contributed by atoms with Gasteiger partial charge in [-0.15, -0.1) is 0 Å². The summed E-state index contributed by atoms with van der Waals surface area (Å²) < 4.78 is 4.98. The minimum absolute atomic E-state index is 0.180. The molecule has 0 radical (unpaired) electrons. The third-order valence-corrected chi connectivity index (χ3v) is 2.61. The molecule has 100 valence electrons. The number of carbonyl (C=O) groups excluding carboxylic acids is 1. The third kappa shape index (κ3) is 3.06. The van der Waals surface area contributed by atoms with E-state index in [2.05, 4.69) is 20.4 Å². The molecule has 0 unspecified atom stereocenters. The molecular weight excluding hydrogens is 246 g/mol. The minimum atomic E-state index is -0.345. The molecule has 2 aromatic rings. The van der Waals surface area contributed by atoms with E-state index in [-0.39, 0.29) is 24.1 Å². The first kappa shape index (κ1) is 13.0. The fourth-order valence-electron chi connectivity index (χ4n) is 1.43. The monoisotopic (exact) mass is 261 g/mol. The van der Waals surface area contributed by atoms with Crippen molar-refractivity contribution < 1.29 is 9.32 Å². The maximum Gasteiger partial charge on any atom is 0.290 e. The van der Waals surface area contributed by atoms with E-state index >= 15 is 0 Å². The normalized spacial score (nSPS) is 10.7. The average molecular weight is 261 g/mol. The Kier molecular flexibility index (Phi) is 3.74. The fourth-order valence-corrected chi connectivity index (χ4v) is 1.43. The SMILES string of the molecule is CC(C)c1cc(C(=O)NCc2cncnc2N)on1. The van der Waals surface area contributed by atoms with Crippen LogP contribution in [0.15, 0.2) is 23.1 Å². The fraction of sp³-hybridized carbons (Fsp3) is 0.333. The van der Waals surface area contributed by atoms with Crippen molar-refractivity contribution in [3.8, 4) is 0 Å². The van der Waals surface area contributed by atoms with E-state index in [1.807, 2.05) is 13.8 Å². The second kappa shape index (κ2) is 5.47. The lowest BCUT2D eigenvalue weighted by molar-refractivity contribution is 0.0914. The summed E-state index contributed by atoms with van der Waals surface area (Å²) in [4.78, 5) is 19.5. The molecule has 3 N–H and O–H groups in total. The van der Waals surface area contributed by atoms with E-state index < -0.39 is 0 Å².